The van der Waals surface area contributed by atoms with Crippen molar-refractivity contribution in [2.24, 2.45) is 0 Å². The van der Waals surface area contributed by atoms with Crippen LogP contribution >= 0.6 is 7.13 Å². The Balaban J connectivity index is 0.000000640. The van der Waals surface area contributed by atoms with E-state index in [1.165, 1.54) is 32.1 Å². The molecule has 9 heavy (non-hydrogen) atoms. The second-order valence-electron chi connectivity index (χ2n) is 2.27. The van der Waals surface area contributed by atoms with Crippen molar-refractivity contribution in [2.75, 3.05) is 0 Å². The summed E-state index contributed by atoms with van der Waals surface area (Å²) in [5.41, 5.74) is 0. The Kier molecular flexibility index (Phi) is 7.80. The van der Waals surface area contributed by atoms with Gasteiger partial charge in [-0.15, -0.1) is 0 Å². The van der Waals surface area contributed by atoms with E-state index >= 15 is 0 Å². The van der Waals surface area contributed by atoms with Gasteiger partial charge in [-0.05, 0) is 0 Å². The summed E-state index contributed by atoms with van der Waals surface area (Å²) < 4.78 is 1.15. The summed E-state index contributed by atoms with van der Waals surface area (Å²) >= 11 is 0.599. The maximum absolute atomic E-state index is 2.94. The van der Waals surface area contributed by atoms with Crippen LogP contribution in [-0.2, 0) is 38.7 Å². The standard InChI is InChI=1S/C6H11.Au.H2P.Ru/c1-2-4-6-5-3-1;;;/h1H,2-6H2;;1H2;/q;+1;-1;. The molecule has 0 saturated heterocycles. The van der Waals surface area contributed by atoms with Gasteiger partial charge in [-0.3, -0.25) is 0 Å². The molecule has 3 heteroatoms. The van der Waals surface area contributed by atoms with Gasteiger partial charge >= 0.3 is 62.6 Å². The topological polar surface area (TPSA) is 0 Å². The molecule has 61 valence electrons. The van der Waals surface area contributed by atoms with E-state index < -0.39 is 0 Å². The molecule has 0 radical (unpaired) electrons. The van der Waals surface area contributed by atoms with Gasteiger partial charge in [0.15, 0.2) is 0 Å². The van der Waals surface area contributed by atoms with E-state index in [9.17, 15) is 0 Å². The van der Waals surface area contributed by atoms with Crippen LogP contribution in [0.25, 0.3) is 0 Å². The van der Waals surface area contributed by atoms with Gasteiger partial charge in [-0.2, -0.15) is 0 Å². The van der Waals surface area contributed by atoms with Crippen LogP contribution in [0.2, 0.25) is 4.14 Å². The Morgan fingerprint density at radius 1 is 1.11 bits per heavy atom. The summed E-state index contributed by atoms with van der Waals surface area (Å²) in [5.74, 6) is 0. The van der Waals surface area contributed by atoms with Gasteiger partial charge in [0.25, 0.3) is 0 Å². The van der Waals surface area contributed by atoms with E-state index in [-0.39, 0.29) is 19.5 Å². The minimum Gasteiger partial charge on any atom is 0 e. The fourth-order valence-electron chi connectivity index (χ4n) is 1.12. The summed E-state index contributed by atoms with van der Waals surface area (Å²) in [6, 6.07) is 0. The van der Waals surface area contributed by atoms with Gasteiger partial charge in [0.2, 0.25) is 0 Å². The van der Waals surface area contributed by atoms with Crippen LogP contribution in [-0.4, -0.2) is 0 Å². The quantitative estimate of drug-likeness (QED) is 0.457. The molecule has 0 nitrogen and oxygen atoms in total. The fraction of sp³-hybridized carbons (Fsp3) is 1.00. The van der Waals surface area contributed by atoms with Crippen molar-refractivity contribution >= 4 is 7.13 Å². The monoisotopic (exact) mass is 415 g/mol. The Morgan fingerprint density at radius 3 is 2.00 bits per heavy atom. The van der Waals surface area contributed by atoms with Crippen LogP contribution < -0.4 is 0 Å². The first-order valence-electron chi connectivity index (χ1n) is 3.16. The fourth-order valence-corrected chi connectivity index (χ4v) is 4.37. The summed E-state index contributed by atoms with van der Waals surface area (Å²) in [5, 5.41) is 0. The molecule has 1 atom stereocenters. The summed E-state index contributed by atoms with van der Waals surface area (Å²) in [4.78, 5) is 0. The van der Waals surface area contributed by atoms with Gasteiger partial charge in [0, 0.05) is 19.5 Å². The maximum atomic E-state index is 2.94. The van der Waals surface area contributed by atoms with E-state index in [2.05, 4.69) is 7.13 Å². The number of rotatable bonds is 1. The molecule has 1 fully saturated rings. The summed E-state index contributed by atoms with van der Waals surface area (Å²) in [6.45, 7) is 0. The van der Waals surface area contributed by atoms with Gasteiger partial charge in [-0.1, -0.05) is 0 Å². The smallest absolute Gasteiger partial charge is 0 e. The largest absolute Gasteiger partial charge is 0 e. The van der Waals surface area contributed by atoms with E-state index in [0.717, 1.165) is 4.14 Å². The minimum absolute atomic E-state index is 0. The van der Waals surface area contributed by atoms with Gasteiger partial charge in [0.1, 0.15) is 0 Å². The van der Waals surface area contributed by atoms with Crippen molar-refractivity contribution in [2.45, 2.75) is 36.2 Å². The Morgan fingerprint density at radius 2 is 1.67 bits per heavy atom. The predicted octanol–water partition coefficient (Wildman–Crippen LogP) is 2.61. The van der Waals surface area contributed by atoms with E-state index in [1.54, 1.807) is 0 Å². The van der Waals surface area contributed by atoms with Crippen molar-refractivity contribution in [3.8, 4) is 0 Å². The third-order valence-electron chi connectivity index (χ3n) is 1.63. The molecular formula is C6H13AuPRu. The maximum Gasteiger partial charge on any atom is 0 e. The normalized spacial score (nSPS) is 21.4. The molecule has 0 aromatic heterocycles. The summed E-state index contributed by atoms with van der Waals surface area (Å²) in [6.07, 6.45) is 7.59. The van der Waals surface area contributed by atoms with E-state index in [1.807, 2.05) is 0 Å². The Labute approximate surface area is 81.6 Å². The number of hydrogen-bond acceptors (Lipinski definition) is 0. The number of hydrogen-bond donors (Lipinski definition) is 0. The average molecular weight is 414 g/mol. The van der Waals surface area contributed by atoms with Gasteiger partial charge in [0.05, 0.1) is 0 Å². The van der Waals surface area contributed by atoms with Crippen molar-refractivity contribution in [1.82, 2.24) is 0 Å². The molecule has 1 rings (SSSR count). The Bertz CT molecular complexity index is 64.1. The zero-order valence-corrected chi connectivity index (χ0v) is 10.4. The van der Waals surface area contributed by atoms with Crippen molar-refractivity contribution in [3.05, 3.63) is 0 Å². The molecule has 0 aromatic carbocycles. The van der Waals surface area contributed by atoms with Gasteiger partial charge < -0.3 is 0 Å². The molecule has 0 aromatic rings. The van der Waals surface area contributed by atoms with E-state index in [4.69, 9.17) is 0 Å². The first kappa shape index (κ1) is 10.8. The van der Waals surface area contributed by atoms with Crippen LogP contribution in [0.3, 0.4) is 0 Å². The second kappa shape index (κ2) is 6.50. The molecule has 0 spiro atoms. The summed E-state index contributed by atoms with van der Waals surface area (Å²) in [7, 11) is 2.94. The molecule has 1 aliphatic carbocycles. The average Bonchev–Trinajstić information content (AvgIpc) is 1.90. The molecule has 1 aliphatic rings. The molecule has 0 bridgehead atoms. The molecule has 1 saturated carbocycles. The van der Waals surface area contributed by atoms with E-state index in [0.29, 0.717) is 19.2 Å². The molecule has 0 amide bonds. The van der Waals surface area contributed by atoms with Crippen LogP contribution in [0.5, 0.6) is 0 Å². The molecule has 0 heterocycles. The van der Waals surface area contributed by atoms with Crippen LogP contribution in [0.4, 0.5) is 0 Å². The molecule has 1 unspecified atom stereocenters. The van der Waals surface area contributed by atoms with Crippen molar-refractivity contribution in [1.29, 1.82) is 0 Å². The second-order valence-corrected chi connectivity index (χ2v) is 6.41. The van der Waals surface area contributed by atoms with Crippen LogP contribution in [0.15, 0.2) is 0 Å². The molecule has 0 N–H and O–H groups in total. The Hall–Kier alpha value is 1.79. The first-order chi connectivity index (χ1) is 3.93. The third kappa shape index (κ3) is 4.28. The zero-order chi connectivity index (χ0) is 5.82. The predicted molar refractivity (Wildman–Crippen MR) is 36.5 cm³/mol. The van der Waals surface area contributed by atoms with Gasteiger partial charge in [-0.25, -0.2) is 0 Å². The SMILES string of the molecule is [PH2][Au][CH]1CCCCC1.[Ru]. The first-order valence-corrected chi connectivity index (χ1v) is 8.52. The van der Waals surface area contributed by atoms with Crippen LogP contribution in [0, 0.1) is 0 Å². The molecule has 0 aliphatic heterocycles. The third-order valence-corrected chi connectivity index (χ3v) is 6.23. The minimum atomic E-state index is 0. The van der Waals surface area contributed by atoms with Crippen molar-refractivity contribution < 1.29 is 38.7 Å². The molecular weight excluding hydrogens is 401 g/mol. The zero-order valence-electron chi connectivity index (χ0n) is 5.35. The van der Waals surface area contributed by atoms with Crippen molar-refractivity contribution in [3.63, 3.8) is 0 Å². The van der Waals surface area contributed by atoms with Crippen LogP contribution in [0.1, 0.15) is 32.1 Å².